The van der Waals surface area contributed by atoms with Crippen molar-refractivity contribution >= 4 is 5.97 Å². The molecular formula is C11H22O3. The molecule has 0 aliphatic rings. The molecule has 0 aliphatic heterocycles. The van der Waals surface area contributed by atoms with Gasteiger partial charge in [-0.25, -0.2) is 0 Å². The van der Waals surface area contributed by atoms with Gasteiger partial charge in [0.1, 0.15) is 0 Å². The highest BCUT2D eigenvalue weighted by Crippen LogP contribution is 2.18. The van der Waals surface area contributed by atoms with Crippen LogP contribution in [0.5, 0.6) is 0 Å². The summed E-state index contributed by atoms with van der Waals surface area (Å²) in [5.74, 6) is -0.241. The van der Waals surface area contributed by atoms with Crippen LogP contribution < -0.4 is 0 Å². The molecule has 1 atom stereocenters. The van der Waals surface area contributed by atoms with Gasteiger partial charge in [-0.1, -0.05) is 0 Å². The monoisotopic (exact) mass is 202 g/mol. The van der Waals surface area contributed by atoms with E-state index in [9.17, 15) is 4.79 Å². The van der Waals surface area contributed by atoms with Crippen molar-refractivity contribution in [1.82, 2.24) is 0 Å². The lowest BCUT2D eigenvalue weighted by atomic mass is 9.97. The zero-order valence-corrected chi connectivity index (χ0v) is 10.3. The van der Waals surface area contributed by atoms with Gasteiger partial charge in [-0.05, 0) is 48.5 Å². The van der Waals surface area contributed by atoms with E-state index in [-0.39, 0.29) is 11.6 Å². The molecule has 0 aromatic carbocycles. The molecule has 3 nitrogen and oxygen atoms in total. The standard InChI is InChI=1S/C11H22O3/c1-8(14-11(5,6)7)13-9(12)10(2,3)4/h8H,1-7H3. The zero-order valence-electron chi connectivity index (χ0n) is 10.3. The lowest BCUT2D eigenvalue weighted by Gasteiger charge is -2.27. The summed E-state index contributed by atoms with van der Waals surface area (Å²) >= 11 is 0. The van der Waals surface area contributed by atoms with Crippen LogP contribution in [0.25, 0.3) is 0 Å². The van der Waals surface area contributed by atoms with E-state index in [0.29, 0.717) is 0 Å². The fourth-order valence-electron chi connectivity index (χ4n) is 0.849. The Morgan fingerprint density at radius 2 is 1.50 bits per heavy atom. The van der Waals surface area contributed by atoms with Gasteiger partial charge in [-0.2, -0.15) is 0 Å². The first-order chi connectivity index (χ1) is 6.02. The molecule has 0 N–H and O–H groups in total. The third-order valence-electron chi connectivity index (χ3n) is 1.40. The third kappa shape index (κ3) is 5.97. The summed E-state index contributed by atoms with van der Waals surface area (Å²) in [6.45, 7) is 13.0. The summed E-state index contributed by atoms with van der Waals surface area (Å²) in [4.78, 5) is 11.5. The SMILES string of the molecule is CC(OC(=O)C(C)(C)C)OC(C)(C)C. The van der Waals surface area contributed by atoms with Crippen molar-refractivity contribution in [2.24, 2.45) is 5.41 Å². The van der Waals surface area contributed by atoms with Crippen LogP contribution >= 0.6 is 0 Å². The van der Waals surface area contributed by atoms with Gasteiger partial charge in [-0.3, -0.25) is 4.79 Å². The molecule has 0 spiro atoms. The average molecular weight is 202 g/mol. The molecular weight excluding hydrogens is 180 g/mol. The lowest BCUT2D eigenvalue weighted by Crippen LogP contribution is -2.33. The number of rotatable bonds is 2. The van der Waals surface area contributed by atoms with Crippen molar-refractivity contribution in [3.05, 3.63) is 0 Å². The van der Waals surface area contributed by atoms with Crippen LogP contribution in [-0.4, -0.2) is 17.9 Å². The van der Waals surface area contributed by atoms with E-state index < -0.39 is 11.7 Å². The van der Waals surface area contributed by atoms with Crippen molar-refractivity contribution in [3.8, 4) is 0 Å². The van der Waals surface area contributed by atoms with Crippen molar-refractivity contribution in [2.45, 2.75) is 60.4 Å². The number of carbonyl (C=O) groups is 1. The molecule has 0 saturated carbocycles. The number of esters is 1. The average Bonchev–Trinajstić information content (AvgIpc) is 1.79. The van der Waals surface area contributed by atoms with E-state index in [2.05, 4.69) is 0 Å². The highest BCUT2D eigenvalue weighted by molar-refractivity contribution is 5.75. The maximum absolute atomic E-state index is 11.5. The number of hydrogen-bond acceptors (Lipinski definition) is 3. The van der Waals surface area contributed by atoms with Crippen LogP contribution in [-0.2, 0) is 14.3 Å². The maximum atomic E-state index is 11.5. The fraction of sp³-hybridized carbons (Fsp3) is 0.909. The van der Waals surface area contributed by atoms with E-state index in [1.54, 1.807) is 6.92 Å². The van der Waals surface area contributed by atoms with Gasteiger partial charge in [0, 0.05) is 0 Å². The van der Waals surface area contributed by atoms with E-state index >= 15 is 0 Å². The Kier molecular flexibility index (Phi) is 4.13. The van der Waals surface area contributed by atoms with Crippen LogP contribution in [0.4, 0.5) is 0 Å². The van der Waals surface area contributed by atoms with Crippen LogP contribution in [0.1, 0.15) is 48.5 Å². The van der Waals surface area contributed by atoms with Crippen molar-refractivity contribution in [2.75, 3.05) is 0 Å². The zero-order chi connectivity index (χ0) is 11.6. The minimum Gasteiger partial charge on any atom is -0.436 e. The van der Waals surface area contributed by atoms with E-state index in [4.69, 9.17) is 9.47 Å². The van der Waals surface area contributed by atoms with Gasteiger partial charge in [0.25, 0.3) is 0 Å². The molecule has 0 fully saturated rings. The summed E-state index contributed by atoms with van der Waals surface area (Å²) in [5, 5.41) is 0. The molecule has 0 bridgehead atoms. The van der Waals surface area contributed by atoms with Gasteiger partial charge in [0.05, 0.1) is 11.0 Å². The molecule has 0 rings (SSSR count). The summed E-state index contributed by atoms with van der Waals surface area (Å²) in [7, 11) is 0. The topological polar surface area (TPSA) is 35.5 Å². The quantitative estimate of drug-likeness (QED) is 0.510. The number of hydrogen-bond donors (Lipinski definition) is 0. The first-order valence-corrected chi connectivity index (χ1v) is 4.91. The van der Waals surface area contributed by atoms with Gasteiger partial charge < -0.3 is 9.47 Å². The molecule has 0 saturated heterocycles. The van der Waals surface area contributed by atoms with E-state index in [1.807, 2.05) is 41.5 Å². The smallest absolute Gasteiger partial charge is 0.313 e. The van der Waals surface area contributed by atoms with Gasteiger partial charge in [0.2, 0.25) is 6.29 Å². The second kappa shape index (κ2) is 4.30. The van der Waals surface area contributed by atoms with E-state index in [1.165, 1.54) is 0 Å². The molecule has 0 radical (unpaired) electrons. The molecule has 0 amide bonds. The largest absolute Gasteiger partial charge is 0.436 e. The molecule has 0 aromatic heterocycles. The molecule has 14 heavy (non-hydrogen) atoms. The Labute approximate surface area is 86.8 Å². The van der Waals surface area contributed by atoms with Crippen LogP contribution in [0.15, 0.2) is 0 Å². The van der Waals surface area contributed by atoms with Gasteiger partial charge >= 0.3 is 5.97 Å². The van der Waals surface area contributed by atoms with Crippen molar-refractivity contribution < 1.29 is 14.3 Å². The van der Waals surface area contributed by atoms with Gasteiger partial charge in [-0.15, -0.1) is 0 Å². The number of ether oxygens (including phenoxy) is 2. The Bertz CT molecular complexity index is 196. The Hall–Kier alpha value is -0.570. The highest BCUT2D eigenvalue weighted by Gasteiger charge is 2.26. The molecule has 1 unspecified atom stereocenters. The molecule has 0 aromatic rings. The highest BCUT2D eigenvalue weighted by atomic mass is 16.7. The molecule has 0 heterocycles. The Morgan fingerprint density at radius 3 is 1.79 bits per heavy atom. The van der Waals surface area contributed by atoms with Crippen molar-refractivity contribution in [1.29, 1.82) is 0 Å². The molecule has 0 aliphatic carbocycles. The predicted molar refractivity (Wildman–Crippen MR) is 55.8 cm³/mol. The first-order valence-electron chi connectivity index (χ1n) is 4.91. The van der Waals surface area contributed by atoms with Crippen LogP contribution in [0.3, 0.4) is 0 Å². The van der Waals surface area contributed by atoms with Gasteiger partial charge in [0.15, 0.2) is 0 Å². The fourth-order valence-corrected chi connectivity index (χ4v) is 0.849. The normalized spacial score (nSPS) is 15.1. The molecule has 3 heteroatoms. The lowest BCUT2D eigenvalue weighted by molar-refractivity contribution is -0.204. The summed E-state index contributed by atoms with van der Waals surface area (Å²) < 4.78 is 10.6. The third-order valence-corrected chi connectivity index (χ3v) is 1.40. The minimum absolute atomic E-state index is 0.241. The first kappa shape index (κ1) is 13.4. The number of carbonyl (C=O) groups excluding carboxylic acids is 1. The predicted octanol–water partition coefficient (Wildman–Crippen LogP) is 2.74. The van der Waals surface area contributed by atoms with Crippen LogP contribution in [0.2, 0.25) is 0 Å². The van der Waals surface area contributed by atoms with Crippen molar-refractivity contribution in [3.63, 3.8) is 0 Å². The van der Waals surface area contributed by atoms with Crippen LogP contribution in [0, 0.1) is 5.41 Å². The minimum atomic E-state index is -0.498. The second-order valence-electron chi connectivity index (χ2n) is 5.45. The summed E-state index contributed by atoms with van der Waals surface area (Å²) in [5.41, 5.74) is -0.771. The Balaban J connectivity index is 4.09. The summed E-state index contributed by atoms with van der Waals surface area (Å²) in [6, 6.07) is 0. The maximum Gasteiger partial charge on any atom is 0.313 e. The second-order valence-corrected chi connectivity index (χ2v) is 5.45. The molecule has 84 valence electrons. The van der Waals surface area contributed by atoms with E-state index in [0.717, 1.165) is 0 Å². The summed E-state index contributed by atoms with van der Waals surface area (Å²) in [6.07, 6.45) is -0.498. The Morgan fingerprint density at radius 1 is 1.07 bits per heavy atom.